The van der Waals surface area contributed by atoms with Crippen molar-refractivity contribution in [3.63, 3.8) is 0 Å². The molecule has 1 aromatic carbocycles. The van der Waals surface area contributed by atoms with E-state index in [1.165, 1.54) is 12.1 Å². The van der Waals surface area contributed by atoms with Gasteiger partial charge in [0.2, 0.25) is 10.0 Å². The van der Waals surface area contributed by atoms with E-state index in [-0.39, 0.29) is 17.9 Å². The van der Waals surface area contributed by atoms with Gasteiger partial charge in [-0.2, -0.15) is 0 Å². The number of benzene rings is 1. The van der Waals surface area contributed by atoms with Crippen molar-refractivity contribution in [2.24, 2.45) is 0 Å². The SMILES string of the molecule is CCCC(O)CNS(=O)(=O)c1ccc(CCC(=O)O)cc1. The van der Waals surface area contributed by atoms with Crippen LogP contribution >= 0.6 is 0 Å². The Hall–Kier alpha value is -1.44. The van der Waals surface area contributed by atoms with Gasteiger partial charge in [0, 0.05) is 13.0 Å². The topological polar surface area (TPSA) is 104 Å². The summed E-state index contributed by atoms with van der Waals surface area (Å²) in [5.41, 5.74) is 0.766. The minimum atomic E-state index is -3.65. The Labute approximate surface area is 124 Å². The molecule has 7 heteroatoms. The van der Waals surface area contributed by atoms with Gasteiger partial charge < -0.3 is 10.2 Å². The Kier molecular flexibility index (Phi) is 6.80. The van der Waals surface area contributed by atoms with Crippen molar-refractivity contribution in [3.8, 4) is 0 Å². The molecule has 3 N–H and O–H groups in total. The minimum absolute atomic E-state index is 0.00750. The van der Waals surface area contributed by atoms with Crippen LogP contribution in [0.3, 0.4) is 0 Å². The van der Waals surface area contributed by atoms with E-state index in [9.17, 15) is 18.3 Å². The first-order valence-electron chi connectivity index (χ1n) is 6.83. The predicted octanol–water partition coefficient (Wildman–Crippen LogP) is 1.14. The molecule has 21 heavy (non-hydrogen) atoms. The van der Waals surface area contributed by atoms with Crippen molar-refractivity contribution < 1.29 is 23.4 Å². The van der Waals surface area contributed by atoms with Crippen molar-refractivity contribution in [1.29, 1.82) is 0 Å². The highest BCUT2D eigenvalue weighted by atomic mass is 32.2. The van der Waals surface area contributed by atoms with Gasteiger partial charge in [-0.25, -0.2) is 13.1 Å². The summed E-state index contributed by atoms with van der Waals surface area (Å²) in [6.45, 7) is 1.89. The number of hydrogen-bond donors (Lipinski definition) is 3. The van der Waals surface area contributed by atoms with Crippen LogP contribution in [0.1, 0.15) is 31.7 Å². The Morgan fingerprint density at radius 2 is 1.90 bits per heavy atom. The van der Waals surface area contributed by atoms with E-state index in [0.29, 0.717) is 12.8 Å². The third-order valence-electron chi connectivity index (χ3n) is 2.99. The average molecular weight is 315 g/mol. The van der Waals surface area contributed by atoms with Crippen LogP contribution in [0.4, 0.5) is 0 Å². The second-order valence-corrected chi connectivity index (χ2v) is 6.60. The summed E-state index contributed by atoms with van der Waals surface area (Å²) in [6, 6.07) is 6.07. The van der Waals surface area contributed by atoms with Crippen LogP contribution in [0.2, 0.25) is 0 Å². The van der Waals surface area contributed by atoms with Crippen LogP contribution < -0.4 is 4.72 Å². The van der Waals surface area contributed by atoms with Gasteiger partial charge in [-0.3, -0.25) is 4.79 Å². The second-order valence-electron chi connectivity index (χ2n) is 4.83. The van der Waals surface area contributed by atoms with Gasteiger partial charge in [-0.15, -0.1) is 0 Å². The lowest BCUT2D eigenvalue weighted by atomic mass is 10.1. The summed E-state index contributed by atoms with van der Waals surface area (Å²) in [4.78, 5) is 10.6. The standard InChI is InChI=1S/C14H21NO5S/c1-2-3-12(16)10-15-21(19,20)13-7-4-11(5-8-13)6-9-14(17)18/h4-5,7-8,12,15-16H,2-3,6,9-10H2,1H3,(H,17,18). The molecule has 0 fully saturated rings. The Morgan fingerprint density at radius 1 is 1.29 bits per heavy atom. The van der Waals surface area contributed by atoms with Crippen molar-refractivity contribution in [2.75, 3.05) is 6.54 Å². The lowest BCUT2D eigenvalue weighted by Crippen LogP contribution is -2.32. The number of rotatable bonds is 9. The minimum Gasteiger partial charge on any atom is -0.481 e. The number of aryl methyl sites for hydroxylation is 1. The molecule has 1 unspecified atom stereocenters. The maximum absolute atomic E-state index is 12.0. The molecule has 0 aromatic heterocycles. The summed E-state index contributed by atoms with van der Waals surface area (Å²) in [7, 11) is -3.65. The Bertz CT molecular complexity index is 553. The van der Waals surface area contributed by atoms with E-state index >= 15 is 0 Å². The molecular weight excluding hydrogens is 294 g/mol. The smallest absolute Gasteiger partial charge is 0.303 e. The summed E-state index contributed by atoms with van der Waals surface area (Å²) < 4.78 is 26.4. The second kappa shape index (κ2) is 8.11. The molecule has 0 bridgehead atoms. The fourth-order valence-corrected chi connectivity index (χ4v) is 2.88. The first kappa shape index (κ1) is 17.6. The van der Waals surface area contributed by atoms with E-state index in [0.717, 1.165) is 12.0 Å². The summed E-state index contributed by atoms with van der Waals surface area (Å²) >= 11 is 0. The molecule has 0 aliphatic heterocycles. The van der Waals surface area contributed by atoms with E-state index < -0.39 is 22.1 Å². The van der Waals surface area contributed by atoms with Crippen LogP contribution in [0.5, 0.6) is 0 Å². The third-order valence-corrected chi connectivity index (χ3v) is 4.43. The number of aliphatic hydroxyl groups is 1. The predicted molar refractivity (Wildman–Crippen MR) is 78.5 cm³/mol. The number of carbonyl (C=O) groups is 1. The number of aliphatic hydroxyl groups excluding tert-OH is 1. The van der Waals surface area contributed by atoms with Crippen molar-refractivity contribution in [1.82, 2.24) is 4.72 Å². The number of nitrogens with one attached hydrogen (secondary N) is 1. The fourth-order valence-electron chi connectivity index (χ4n) is 1.81. The van der Waals surface area contributed by atoms with Gasteiger partial charge in [0.15, 0.2) is 0 Å². The lowest BCUT2D eigenvalue weighted by Gasteiger charge is -2.11. The van der Waals surface area contributed by atoms with Crippen LogP contribution in [-0.2, 0) is 21.2 Å². The molecule has 1 aromatic rings. The third kappa shape index (κ3) is 6.24. The highest BCUT2D eigenvalue weighted by molar-refractivity contribution is 7.89. The number of sulfonamides is 1. The summed E-state index contributed by atoms with van der Waals surface area (Å²) in [5, 5.41) is 18.1. The average Bonchev–Trinajstić information content (AvgIpc) is 2.44. The monoisotopic (exact) mass is 315 g/mol. The van der Waals surface area contributed by atoms with Crippen molar-refractivity contribution in [2.45, 2.75) is 43.6 Å². The largest absolute Gasteiger partial charge is 0.481 e. The Balaban J connectivity index is 2.64. The number of carboxylic acid groups (broad SMARTS) is 1. The molecule has 0 saturated heterocycles. The van der Waals surface area contributed by atoms with Gasteiger partial charge in [0.05, 0.1) is 11.0 Å². The van der Waals surface area contributed by atoms with E-state index in [1.807, 2.05) is 6.92 Å². The van der Waals surface area contributed by atoms with Gasteiger partial charge >= 0.3 is 5.97 Å². The fraction of sp³-hybridized carbons (Fsp3) is 0.500. The van der Waals surface area contributed by atoms with Gasteiger partial charge in [0.25, 0.3) is 0 Å². The highest BCUT2D eigenvalue weighted by Crippen LogP contribution is 2.12. The van der Waals surface area contributed by atoms with Crippen LogP contribution in [0.25, 0.3) is 0 Å². The maximum atomic E-state index is 12.0. The first-order chi connectivity index (χ1) is 9.85. The van der Waals surface area contributed by atoms with Crippen molar-refractivity contribution >= 4 is 16.0 Å². The van der Waals surface area contributed by atoms with E-state index in [1.54, 1.807) is 12.1 Å². The van der Waals surface area contributed by atoms with Gasteiger partial charge in [-0.1, -0.05) is 25.5 Å². The van der Waals surface area contributed by atoms with Gasteiger partial charge in [0.1, 0.15) is 0 Å². The molecule has 0 radical (unpaired) electrons. The zero-order chi connectivity index (χ0) is 15.9. The number of hydrogen-bond acceptors (Lipinski definition) is 4. The molecule has 0 aliphatic carbocycles. The maximum Gasteiger partial charge on any atom is 0.303 e. The molecule has 0 spiro atoms. The molecule has 1 atom stereocenters. The molecule has 6 nitrogen and oxygen atoms in total. The van der Waals surface area contributed by atoms with Crippen LogP contribution in [0.15, 0.2) is 29.2 Å². The zero-order valence-electron chi connectivity index (χ0n) is 11.9. The van der Waals surface area contributed by atoms with Crippen molar-refractivity contribution in [3.05, 3.63) is 29.8 Å². The van der Waals surface area contributed by atoms with Gasteiger partial charge in [-0.05, 0) is 30.5 Å². The highest BCUT2D eigenvalue weighted by Gasteiger charge is 2.15. The molecule has 0 heterocycles. The molecular formula is C14H21NO5S. The quantitative estimate of drug-likeness (QED) is 0.634. The van der Waals surface area contributed by atoms with Crippen LogP contribution in [-0.4, -0.2) is 37.2 Å². The van der Waals surface area contributed by atoms with E-state index in [2.05, 4.69) is 4.72 Å². The summed E-state index contributed by atoms with van der Waals surface area (Å²) in [5.74, 6) is -0.890. The number of carboxylic acids is 1. The molecule has 0 aliphatic rings. The number of aliphatic carboxylic acids is 1. The Morgan fingerprint density at radius 3 is 2.43 bits per heavy atom. The first-order valence-corrected chi connectivity index (χ1v) is 8.32. The molecule has 1 rings (SSSR count). The lowest BCUT2D eigenvalue weighted by molar-refractivity contribution is -0.136. The zero-order valence-corrected chi connectivity index (χ0v) is 12.8. The molecule has 0 amide bonds. The normalized spacial score (nSPS) is 13.0. The summed E-state index contributed by atoms with van der Waals surface area (Å²) in [6.07, 6.45) is 0.989. The van der Waals surface area contributed by atoms with Crippen LogP contribution in [0, 0.1) is 0 Å². The van der Waals surface area contributed by atoms with E-state index in [4.69, 9.17) is 5.11 Å². The molecule has 0 saturated carbocycles. The molecule has 118 valence electrons.